The summed E-state index contributed by atoms with van der Waals surface area (Å²) >= 11 is 0. The van der Waals surface area contributed by atoms with Crippen LogP contribution in [0.1, 0.15) is 31.3 Å². The van der Waals surface area contributed by atoms with Gasteiger partial charge in [0.15, 0.2) is 0 Å². The number of aryl methyl sites for hydroxylation is 1. The fourth-order valence-corrected chi connectivity index (χ4v) is 4.07. The molecule has 2 fully saturated rings. The van der Waals surface area contributed by atoms with Crippen LogP contribution in [0.15, 0.2) is 6.07 Å². The second-order valence-corrected chi connectivity index (χ2v) is 7.62. The van der Waals surface area contributed by atoms with Gasteiger partial charge in [-0.3, -0.25) is 9.69 Å². The molecule has 0 aromatic carbocycles. The van der Waals surface area contributed by atoms with Gasteiger partial charge in [-0.05, 0) is 12.8 Å². The molecule has 2 aliphatic heterocycles. The number of ether oxygens (including phenoxy) is 1. The van der Waals surface area contributed by atoms with Gasteiger partial charge in [-0.2, -0.15) is 0 Å². The van der Waals surface area contributed by atoms with Gasteiger partial charge in [0.25, 0.3) is 0 Å². The van der Waals surface area contributed by atoms with E-state index >= 15 is 0 Å². The Hall–Kier alpha value is -1.73. The molecule has 2 saturated heterocycles. The minimum Gasteiger partial charge on any atom is -0.481 e. The molecule has 25 heavy (non-hydrogen) atoms. The molecule has 7 nitrogen and oxygen atoms in total. The first-order valence-electron chi connectivity index (χ1n) is 8.91. The third-order valence-electron chi connectivity index (χ3n) is 5.48. The first-order chi connectivity index (χ1) is 11.9. The summed E-state index contributed by atoms with van der Waals surface area (Å²) in [6.07, 6.45) is 0. The van der Waals surface area contributed by atoms with Crippen molar-refractivity contribution in [2.75, 3.05) is 51.3 Å². The van der Waals surface area contributed by atoms with Gasteiger partial charge >= 0.3 is 5.97 Å². The molecule has 0 saturated carbocycles. The Morgan fingerprint density at radius 3 is 2.76 bits per heavy atom. The zero-order valence-corrected chi connectivity index (χ0v) is 15.5. The maximum Gasteiger partial charge on any atom is 0.313 e. The summed E-state index contributed by atoms with van der Waals surface area (Å²) < 4.78 is 5.14. The van der Waals surface area contributed by atoms with Crippen molar-refractivity contribution in [2.45, 2.75) is 26.7 Å². The largest absolute Gasteiger partial charge is 0.481 e. The molecule has 0 aliphatic carbocycles. The lowest BCUT2D eigenvalue weighted by molar-refractivity contribution is -0.148. The summed E-state index contributed by atoms with van der Waals surface area (Å²) in [5.41, 5.74) is 0.288. The SMILES string of the molecule is COCCN1C[C@H]2CN(c3cc(C(C)C)nc(C)n3)C[C@@]2(C(=O)O)C1. The highest BCUT2D eigenvalue weighted by atomic mass is 16.5. The zero-order valence-electron chi connectivity index (χ0n) is 15.5. The number of nitrogens with zero attached hydrogens (tertiary/aromatic N) is 4. The summed E-state index contributed by atoms with van der Waals surface area (Å²) in [4.78, 5) is 25.5. The summed E-state index contributed by atoms with van der Waals surface area (Å²) in [7, 11) is 1.68. The molecule has 3 heterocycles. The number of anilines is 1. The van der Waals surface area contributed by atoms with E-state index in [4.69, 9.17) is 4.74 Å². The average molecular weight is 348 g/mol. The standard InChI is InChI=1S/C18H28N4O3/c1-12(2)15-7-16(20-13(3)19-15)22-9-14-8-21(5-6-25-4)10-18(14,11-22)17(23)24/h7,12,14H,5-6,8-11H2,1-4H3,(H,23,24)/t14-,18-/m0/s1. The zero-order chi connectivity index (χ0) is 18.2. The van der Waals surface area contributed by atoms with Crippen molar-refractivity contribution in [1.29, 1.82) is 0 Å². The Bertz CT molecular complexity index is 651. The number of rotatable bonds is 6. The maximum absolute atomic E-state index is 12.1. The van der Waals surface area contributed by atoms with Gasteiger partial charge < -0.3 is 14.7 Å². The molecule has 1 aromatic rings. The van der Waals surface area contributed by atoms with Crippen molar-refractivity contribution in [1.82, 2.24) is 14.9 Å². The van der Waals surface area contributed by atoms with Crippen molar-refractivity contribution < 1.29 is 14.6 Å². The van der Waals surface area contributed by atoms with Crippen LogP contribution < -0.4 is 4.90 Å². The number of carboxylic acids is 1. The molecule has 2 aliphatic rings. The van der Waals surface area contributed by atoms with Gasteiger partial charge in [-0.1, -0.05) is 13.8 Å². The van der Waals surface area contributed by atoms with Crippen molar-refractivity contribution in [3.8, 4) is 0 Å². The maximum atomic E-state index is 12.1. The third-order valence-corrected chi connectivity index (χ3v) is 5.48. The van der Waals surface area contributed by atoms with Gasteiger partial charge in [0.1, 0.15) is 17.1 Å². The molecule has 1 aromatic heterocycles. The van der Waals surface area contributed by atoms with Crippen molar-refractivity contribution in [3.63, 3.8) is 0 Å². The smallest absolute Gasteiger partial charge is 0.313 e. The van der Waals surface area contributed by atoms with Gasteiger partial charge in [0.05, 0.1) is 6.61 Å². The second kappa shape index (κ2) is 6.88. The fraction of sp³-hybridized carbons (Fsp3) is 0.722. The van der Waals surface area contributed by atoms with Crippen LogP contribution in [0, 0.1) is 18.3 Å². The summed E-state index contributed by atoms with van der Waals surface area (Å²) in [5, 5.41) is 9.96. The van der Waals surface area contributed by atoms with Gasteiger partial charge in [-0.25, -0.2) is 9.97 Å². The van der Waals surface area contributed by atoms with Gasteiger partial charge in [-0.15, -0.1) is 0 Å². The monoisotopic (exact) mass is 348 g/mol. The van der Waals surface area contributed by atoms with Crippen LogP contribution >= 0.6 is 0 Å². The quantitative estimate of drug-likeness (QED) is 0.832. The van der Waals surface area contributed by atoms with Crippen LogP contribution in [0.4, 0.5) is 5.82 Å². The molecule has 2 atom stereocenters. The first-order valence-corrected chi connectivity index (χ1v) is 8.91. The number of methoxy groups -OCH3 is 1. The van der Waals surface area contributed by atoms with E-state index in [0.717, 1.165) is 37.0 Å². The summed E-state index contributed by atoms with van der Waals surface area (Å²) in [5.74, 6) is 1.33. The number of fused-ring (bicyclic) bond motifs is 1. The van der Waals surface area contributed by atoms with E-state index in [1.807, 2.05) is 13.0 Å². The predicted octanol–water partition coefficient (Wildman–Crippen LogP) is 1.38. The number of aromatic nitrogens is 2. The number of hydrogen-bond donors (Lipinski definition) is 1. The van der Waals surface area contributed by atoms with Crippen LogP contribution in [0.2, 0.25) is 0 Å². The number of aliphatic carboxylic acids is 1. The van der Waals surface area contributed by atoms with E-state index in [-0.39, 0.29) is 5.92 Å². The summed E-state index contributed by atoms with van der Waals surface area (Å²) in [6.45, 7) is 10.1. The van der Waals surface area contributed by atoms with E-state index in [2.05, 4.69) is 33.6 Å². The number of hydrogen-bond acceptors (Lipinski definition) is 6. The highest BCUT2D eigenvalue weighted by Crippen LogP contribution is 2.44. The Morgan fingerprint density at radius 2 is 2.16 bits per heavy atom. The van der Waals surface area contributed by atoms with Crippen molar-refractivity contribution in [3.05, 3.63) is 17.6 Å². The van der Waals surface area contributed by atoms with E-state index in [1.54, 1.807) is 7.11 Å². The van der Waals surface area contributed by atoms with Crippen LogP contribution in [0.3, 0.4) is 0 Å². The van der Waals surface area contributed by atoms with Crippen molar-refractivity contribution >= 4 is 11.8 Å². The Morgan fingerprint density at radius 1 is 1.40 bits per heavy atom. The Kier molecular flexibility index (Phi) is 4.97. The molecule has 3 rings (SSSR count). The first kappa shape index (κ1) is 18.1. The molecule has 0 spiro atoms. The van der Waals surface area contributed by atoms with Crippen LogP contribution in [0.25, 0.3) is 0 Å². The molecule has 0 bridgehead atoms. The van der Waals surface area contributed by atoms with Gasteiger partial charge in [0.2, 0.25) is 0 Å². The normalized spacial score (nSPS) is 26.4. The van der Waals surface area contributed by atoms with Crippen LogP contribution in [0.5, 0.6) is 0 Å². The lowest BCUT2D eigenvalue weighted by atomic mass is 9.81. The topological polar surface area (TPSA) is 78.8 Å². The molecule has 0 radical (unpaired) electrons. The fourth-order valence-electron chi connectivity index (χ4n) is 4.07. The Labute approximate surface area is 149 Å². The van der Waals surface area contributed by atoms with Crippen LogP contribution in [-0.2, 0) is 9.53 Å². The molecular formula is C18H28N4O3. The second-order valence-electron chi connectivity index (χ2n) is 7.62. The minimum atomic E-state index is -0.718. The van der Waals surface area contributed by atoms with E-state index < -0.39 is 11.4 Å². The minimum absolute atomic E-state index is 0.111. The number of likely N-dealkylation sites (tertiary alicyclic amines) is 1. The van der Waals surface area contributed by atoms with E-state index in [9.17, 15) is 9.90 Å². The van der Waals surface area contributed by atoms with Crippen LogP contribution in [-0.4, -0.2) is 72.4 Å². The van der Waals surface area contributed by atoms with Gasteiger partial charge in [0, 0.05) is 57.5 Å². The molecule has 0 unspecified atom stereocenters. The third kappa shape index (κ3) is 3.35. The Balaban J connectivity index is 1.82. The highest BCUT2D eigenvalue weighted by molar-refractivity contribution is 5.78. The predicted molar refractivity (Wildman–Crippen MR) is 94.9 cm³/mol. The molecule has 0 amide bonds. The number of carboxylic acid groups (broad SMARTS) is 1. The molecule has 1 N–H and O–H groups in total. The van der Waals surface area contributed by atoms with E-state index in [0.29, 0.717) is 25.6 Å². The number of carbonyl (C=O) groups is 1. The molecule has 138 valence electrons. The molecule has 7 heteroatoms. The van der Waals surface area contributed by atoms with E-state index in [1.165, 1.54) is 0 Å². The van der Waals surface area contributed by atoms with Crippen molar-refractivity contribution in [2.24, 2.45) is 11.3 Å². The molecular weight excluding hydrogens is 320 g/mol. The summed E-state index contributed by atoms with van der Waals surface area (Å²) in [6, 6.07) is 2.01. The lowest BCUT2D eigenvalue weighted by Gasteiger charge is -2.26. The average Bonchev–Trinajstić information content (AvgIpc) is 3.07. The lowest BCUT2D eigenvalue weighted by Crippen LogP contribution is -2.41. The highest BCUT2D eigenvalue weighted by Gasteiger charge is 2.57.